The number of benzene rings is 2. The van der Waals surface area contributed by atoms with Crippen molar-refractivity contribution in [3.05, 3.63) is 76.5 Å². The molecule has 0 radical (unpaired) electrons. The number of ether oxygens (including phenoxy) is 1. The topological polar surface area (TPSA) is 77.3 Å². The van der Waals surface area contributed by atoms with Gasteiger partial charge in [0.25, 0.3) is 0 Å². The van der Waals surface area contributed by atoms with Crippen molar-refractivity contribution in [2.45, 2.75) is 12.5 Å². The van der Waals surface area contributed by atoms with Gasteiger partial charge in [0.1, 0.15) is 11.9 Å². The number of para-hydroxylation sites is 1. The maximum atomic E-state index is 11.5. The number of hydrogen-bond acceptors (Lipinski definition) is 5. The molecule has 1 atom stereocenters. The summed E-state index contributed by atoms with van der Waals surface area (Å²) in [5.74, 6) is 0. The SMILES string of the molecule is COC[C@@H](Cc1ccccc1)Nc1c([N+](=O)[O-])cnc2ccccc12. The van der Waals surface area contributed by atoms with Gasteiger partial charge in [-0.15, -0.1) is 0 Å². The summed E-state index contributed by atoms with van der Waals surface area (Å²) < 4.78 is 5.31. The van der Waals surface area contributed by atoms with Crippen LogP contribution in [0.15, 0.2) is 60.8 Å². The molecule has 0 saturated heterocycles. The molecule has 0 fully saturated rings. The van der Waals surface area contributed by atoms with Gasteiger partial charge >= 0.3 is 5.69 Å². The molecule has 3 aromatic rings. The average Bonchev–Trinajstić information content (AvgIpc) is 2.63. The Morgan fingerprint density at radius 3 is 2.60 bits per heavy atom. The van der Waals surface area contributed by atoms with Gasteiger partial charge in [0.05, 0.1) is 23.1 Å². The zero-order chi connectivity index (χ0) is 17.6. The number of aromatic nitrogens is 1. The number of pyridine rings is 1. The first-order valence-electron chi connectivity index (χ1n) is 8.00. The van der Waals surface area contributed by atoms with Crippen molar-refractivity contribution in [2.24, 2.45) is 0 Å². The van der Waals surface area contributed by atoms with E-state index < -0.39 is 4.92 Å². The maximum absolute atomic E-state index is 11.5. The fourth-order valence-corrected chi connectivity index (χ4v) is 2.88. The highest BCUT2D eigenvalue weighted by atomic mass is 16.6. The zero-order valence-electron chi connectivity index (χ0n) is 13.9. The van der Waals surface area contributed by atoms with E-state index in [1.807, 2.05) is 54.6 Å². The molecule has 1 aromatic heterocycles. The van der Waals surface area contributed by atoms with Crippen LogP contribution in [0.25, 0.3) is 10.9 Å². The summed E-state index contributed by atoms with van der Waals surface area (Å²) in [5.41, 5.74) is 2.30. The number of rotatable bonds is 7. The molecule has 6 heteroatoms. The normalized spacial score (nSPS) is 12.0. The van der Waals surface area contributed by atoms with Gasteiger partial charge in [-0.05, 0) is 18.1 Å². The van der Waals surface area contributed by atoms with Crippen LogP contribution in [-0.2, 0) is 11.2 Å². The Labute approximate surface area is 145 Å². The number of nitrogens with one attached hydrogen (secondary N) is 1. The van der Waals surface area contributed by atoms with Crippen molar-refractivity contribution in [2.75, 3.05) is 19.0 Å². The third kappa shape index (κ3) is 3.92. The molecule has 0 saturated carbocycles. The Balaban J connectivity index is 1.98. The molecule has 0 amide bonds. The van der Waals surface area contributed by atoms with Crippen LogP contribution in [0.5, 0.6) is 0 Å². The summed E-state index contributed by atoms with van der Waals surface area (Å²) in [4.78, 5) is 15.2. The van der Waals surface area contributed by atoms with Gasteiger partial charge in [-0.2, -0.15) is 0 Å². The number of nitrogens with zero attached hydrogens (tertiary/aromatic N) is 2. The standard InChI is InChI=1S/C19H19N3O3/c1-25-13-15(11-14-7-3-2-4-8-14)21-19-16-9-5-6-10-17(16)20-12-18(19)22(23)24/h2-10,12,15H,11,13H2,1H3,(H,20,21)/t15-/m1/s1. The first kappa shape index (κ1) is 16.9. The van der Waals surface area contributed by atoms with Crippen molar-refractivity contribution in [3.8, 4) is 0 Å². The third-order valence-electron chi connectivity index (χ3n) is 3.99. The van der Waals surface area contributed by atoms with Crippen molar-refractivity contribution in [3.63, 3.8) is 0 Å². The smallest absolute Gasteiger partial charge is 0.311 e. The van der Waals surface area contributed by atoms with E-state index in [9.17, 15) is 10.1 Å². The second-order valence-corrected chi connectivity index (χ2v) is 5.78. The summed E-state index contributed by atoms with van der Waals surface area (Å²) in [7, 11) is 1.62. The van der Waals surface area contributed by atoms with Gasteiger partial charge in [0, 0.05) is 12.5 Å². The second kappa shape index (κ2) is 7.72. The first-order chi connectivity index (χ1) is 12.2. The predicted molar refractivity (Wildman–Crippen MR) is 97.8 cm³/mol. The molecule has 1 N–H and O–H groups in total. The number of anilines is 1. The lowest BCUT2D eigenvalue weighted by Gasteiger charge is -2.20. The quantitative estimate of drug-likeness (QED) is 0.524. The summed E-state index contributed by atoms with van der Waals surface area (Å²) in [5, 5.41) is 15.5. The molecule has 3 rings (SSSR count). The molecule has 1 heterocycles. The summed E-state index contributed by atoms with van der Waals surface area (Å²) >= 11 is 0. The number of methoxy groups -OCH3 is 1. The maximum Gasteiger partial charge on any atom is 0.311 e. The van der Waals surface area contributed by atoms with Gasteiger partial charge < -0.3 is 10.1 Å². The fourth-order valence-electron chi connectivity index (χ4n) is 2.88. The van der Waals surface area contributed by atoms with Crippen LogP contribution in [0.2, 0.25) is 0 Å². The van der Waals surface area contributed by atoms with Crippen molar-refractivity contribution in [1.82, 2.24) is 4.98 Å². The minimum atomic E-state index is -0.409. The number of hydrogen-bond donors (Lipinski definition) is 1. The van der Waals surface area contributed by atoms with Crippen LogP contribution in [0.1, 0.15) is 5.56 Å². The highest BCUT2D eigenvalue weighted by Gasteiger charge is 2.21. The second-order valence-electron chi connectivity index (χ2n) is 5.78. The molecule has 0 unspecified atom stereocenters. The molecule has 25 heavy (non-hydrogen) atoms. The molecule has 2 aromatic carbocycles. The Kier molecular flexibility index (Phi) is 5.20. The highest BCUT2D eigenvalue weighted by Crippen LogP contribution is 2.32. The number of fused-ring (bicyclic) bond motifs is 1. The van der Waals surface area contributed by atoms with E-state index >= 15 is 0 Å². The van der Waals surface area contributed by atoms with Crippen LogP contribution in [-0.4, -0.2) is 29.7 Å². The molecule has 6 nitrogen and oxygen atoms in total. The van der Waals surface area contributed by atoms with E-state index in [1.165, 1.54) is 6.20 Å². The lowest BCUT2D eigenvalue weighted by atomic mass is 10.1. The molecular weight excluding hydrogens is 318 g/mol. The van der Waals surface area contributed by atoms with Crippen molar-refractivity contribution in [1.29, 1.82) is 0 Å². The third-order valence-corrected chi connectivity index (χ3v) is 3.99. The molecule has 0 bridgehead atoms. The van der Waals surface area contributed by atoms with Crippen molar-refractivity contribution < 1.29 is 9.66 Å². The molecular formula is C19H19N3O3. The molecule has 0 spiro atoms. The summed E-state index contributed by atoms with van der Waals surface area (Å²) in [6.07, 6.45) is 2.00. The molecule has 0 aliphatic carbocycles. The molecule has 0 aliphatic rings. The van der Waals surface area contributed by atoms with Gasteiger partial charge in [-0.1, -0.05) is 48.5 Å². The minimum Gasteiger partial charge on any atom is -0.383 e. The first-order valence-corrected chi connectivity index (χ1v) is 8.00. The molecule has 0 aliphatic heterocycles. The summed E-state index contributed by atoms with van der Waals surface area (Å²) in [6.45, 7) is 0.433. The zero-order valence-corrected chi connectivity index (χ0v) is 13.9. The van der Waals surface area contributed by atoms with Gasteiger partial charge in [0.15, 0.2) is 0 Å². The van der Waals surface area contributed by atoms with Crippen molar-refractivity contribution >= 4 is 22.3 Å². The van der Waals surface area contributed by atoms with E-state index in [2.05, 4.69) is 10.3 Å². The largest absolute Gasteiger partial charge is 0.383 e. The highest BCUT2D eigenvalue weighted by molar-refractivity contribution is 5.95. The Morgan fingerprint density at radius 2 is 1.88 bits per heavy atom. The van der Waals surface area contributed by atoms with Gasteiger partial charge in [0.2, 0.25) is 0 Å². The van der Waals surface area contributed by atoms with E-state index in [0.29, 0.717) is 24.2 Å². The average molecular weight is 337 g/mol. The number of nitro groups is 1. The van der Waals surface area contributed by atoms with Crippen LogP contribution >= 0.6 is 0 Å². The van der Waals surface area contributed by atoms with Crippen LogP contribution < -0.4 is 5.32 Å². The lowest BCUT2D eigenvalue weighted by Crippen LogP contribution is -2.28. The Bertz CT molecular complexity index is 868. The van der Waals surface area contributed by atoms with E-state index in [-0.39, 0.29) is 11.7 Å². The van der Waals surface area contributed by atoms with Crippen LogP contribution in [0.4, 0.5) is 11.4 Å². The van der Waals surface area contributed by atoms with E-state index in [4.69, 9.17) is 4.74 Å². The predicted octanol–water partition coefficient (Wildman–Crippen LogP) is 3.81. The monoisotopic (exact) mass is 337 g/mol. The van der Waals surface area contributed by atoms with Gasteiger partial charge in [-0.25, -0.2) is 4.98 Å². The Hall–Kier alpha value is -2.99. The molecule has 128 valence electrons. The fraction of sp³-hybridized carbons (Fsp3) is 0.211. The van der Waals surface area contributed by atoms with Crippen LogP contribution in [0.3, 0.4) is 0 Å². The lowest BCUT2D eigenvalue weighted by molar-refractivity contribution is -0.384. The van der Waals surface area contributed by atoms with Crippen LogP contribution in [0, 0.1) is 10.1 Å². The van der Waals surface area contributed by atoms with E-state index in [1.54, 1.807) is 7.11 Å². The Morgan fingerprint density at radius 1 is 1.16 bits per heavy atom. The van der Waals surface area contributed by atoms with Gasteiger partial charge in [-0.3, -0.25) is 10.1 Å². The van der Waals surface area contributed by atoms with E-state index in [0.717, 1.165) is 10.9 Å². The minimum absolute atomic E-state index is 0.0344. The summed E-state index contributed by atoms with van der Waals surface area (Å²) in [6, 6.07) is 17.3.